The van der Waals surface area contributed by atoms with Gasteiger partial charge in [-0.05, 0) is 48.0 Å². The first-order chi connectivity index (χ1) is 23.7. The van der Waals surface area contributed by atoms with Gasteiger partial charge in [0.25, 0.3) is 5.56 Å². The molecule has 49 heavy (non-hydrogen) atoms. The predicted octanol–water partition coefficient (Wildman–Crippen LogP) is 5.81. The molecular formula is C39H45N3O6Si. The highest BCUT2D eigenvalue weighted by Crippen LogP contribution is 2.47. The number of carbonyl (C=O) groups excluding carboxylic acids is 1. The first-order valence-corrected chi connectivity index (χ1v) is 19.8. The first kappa shape index (κ1) is 34.2. The fraction of sp³-hybridized carbons (Fsp3) is 0.333. The summed E-state index contributed by atoms with van der Waals surface area (Å²) < 4.78 is 20.2. The third kappa shape index (κ3) is 6.81. The zero-order valence-corrected chi connectivity index (χ0v) is 29.8. The topological polar surface area (TPSA) is 106 Å². The van der Waals surface area contributed by atoms with Crippen LogP contribution in [0.4, 0.5) is 0 Å². The van der Waals surface area contributed by atoms with E-state index < -0.39 is 8.07 Å². The minimum atomic E-state index is -2.45. The molecule has 0 fully saturated rings. The number of methoxy groups -OCH3 is 2. The van der Waals surface area contributed by atoms with Crippen molar-refractivity contribution >= 4 is 30.1 Å². The maximum atomic E-state index is 14.3. The van der Waals surface area contributed by atoms with E-state index >= 15 is 0 Å². The van der Waals surface area contributed by atoms with E-state index in [0.29, 0.717) is 23.4 Å². The van der Waals surface area contributed by atoms with Crippen molar-refractivity contribution in [3.63, 3.8) is 0 Å². The number of para-hydroxylation sites is 1. The fourth-order valence-electron chi connectivity index (χ4n) is 7.30. The van der Waals surface area contributed by atoms with Gasteiger partial charge >= 0.3 is 0 Å². The number of amides is 1. The number of aromatic nitrogens is 2. The molecule has 1 aliphatic rings. The van der Waals surface area contributed by atoms with Gasteiger partial charge in [-0.25, -0.2) is 4.68 Å². The lowest BCUT2D eigenvalue weighted by molar-refractivity contribution is -0.133. The predicted molar refractivity (Wildman–Crippen MR) is 195 cm³/mol. The molecule has 1 aromatic heterocycles. The lowest BCUT2D eigenvalue weighted by Gasteiger charge is -2.46. The number of aromatic amines is 1. The molecule has 0 saturated carbocycles. The third-order valence-corrected chi connectivity index (χ3v) is 14.4. The average Bonchev–Trinajstić information content (AvgIpc) is 3.46. The lowest BCUT2D eigenvalue weighted by Crippen LogP contribution is -2.55. The number of fused-ring (bicyclic) bond motifs is 2. The van der Waals surface area contributed by atoms with Crippen LogP contribution in [-0.2, 0) is 16.1 Å². The number of nitrogens with zero attached hydrogens (tertiary/aromatic N) is 2. The number of rotatable bonds is 12. The van der Waals surface area contributed by atoms with Gasteiger partial charge < -0.3 is 24.2 Å². The minimum Gasteiger partial charge on any atom is -0.497 e. The van der Waals surface area contributed by atoms with Gasteiger partial charge in [-0.2, -0.15) is 0 Å². The number of hydrogen-bond donors (Lipinski definition) is 2. The smallest absolute Gasteiger partial charge is 0.279 e. The molecule has 1 amide bonds. The molecule has 10 heteroatoms. The Morgan fingerprint density at radius 1 is 1.00 bits per heavy atom. The molecule has 1 unspecified atom stereocenters. The van der Waals surface area contributed by atoms with E-state index in [2.05, 4.69) is 37.2 Å². The van der Waals surface area contributed by atoms with Crippen LogP contribution >= 0.6 is 0 Å². The summed E-state index contributed by atoms with van der Waals surface area (Å²) >= 11 is 0. The Kier molecular flexibility index (Phi) is 10.1. The van der Waals surface area contributed by atoms with Crippen LogP contribution in [0.2, 0.25) is 18.6 Å². The van der Waals surface area contributed by atoms with E-state index in [1.807, 2.05) is 84.9 Å². The Labute approximate surface area is 288 Å². The normalized spacial score (nSPS) is 18.0. The summed E-state index contributed by atoms with van der Waals surface area (Å²) in [7, 11) is 0.905. The summed E-state index contributed by atoms with van der Waals surface area (Å²) in [6.45, 7) is 7.23. The maximum absolute atomic E-state index is 14.3. The summed E-state index contributed by atoms with van der Waals surface area (Å²) in [5.41, 5.74) is 3.04. The van der Waals surface area contributed by atoms with Crippen LogP contribution in [0, 0.1) is 5.92 Å². The Morgan fingerprint density at radius 2 is 1.71 bits per heavy atom. The summed E-state index contributed by atoms with van der Waals surface area (Å²) in [5, 5.41) is 15.0. The van der Waals surface area contributed by atoms with Crippen LogP contribution in [0.1, 0.15) is 30.6 Å². The third-order valence-electron chi connectivity index (χ3n) is 10.2. The lowest BCUT2D eigenvalue weighted by atomic mass is 9.86. The summed E-state index contributed by atoms with van der Waals surface area (Å²) in [6, 6.07) is 31.2. The van der Waals surface area contributed by atoms with Crippen molar-refractivity contribution in [2.45, 2.75) is 50.7 Å². The van der Waals surface area contributed by atoms with Gasteiger partial charge in [0, 0.05) is 43.6 Å². The van der Waals surface area contributed by atoms with Crippen molar-refractivity contribution in [2.75, 3.05) is 27.4 Å². The van der Waals surface area contributed by atoms with Crippen LogP contribution in [0.3, 0.4) is 0 Å². The molecule has 2 heterocycles. The van der Waals surface area contributed by atoms with E-state index in [1.54, 1.807) is 23.8 Å². The van der Waals surface area contributed by atoms with Gasteiger partial charge in [0.05, 0.1) is 44.5 Å². The number of ether oxygens (including phenoxy) is 3. The molecule has 4 aromatic carbocycles. The number of nitrogens with one attached hydrogen (secondary N) is 1. The molecule has 0 bridgehead atoms. The second-order valence-corrected chi connectivity index (χ2v) is 18.2. The van der Waals surface area contributed by atoms with Crippen molar-refractivity contribution < 1.29 is 24.1 Å². The number of carbonyl (C=O) groups is 1. The second kappa shape index (κ2) is 14.5. The largest absolute Gasteiger partial charge is 0.497 e. The maximum Gasteiger partial charge on any atom is 0.279 e. The van der Waals surface area contributed by atoms with E-state index in [1.165, 1.54) is 5.19 Å². The number of H-pyrrole nitrogens is 1. The van der Waals surface area contributed by atoms with Crippen LogP contribution in [0.25, 0.3) is 16.6 Å². The molecule has 0 spiro atoms. The molecule has 0 aliphatic carbocycles. The van der Waals surface area contributed by atoms with Crippen LogP contribution in [0.5, 0.6) is 11.5 Å². The van der Waals surface area contributed by atoms with E-state index in [4.69, 9.17) is 14.2 Å². The van der Waals surface area contributed by atoms with Crippen molar-refractivity contribution in [2.24, 2.45) is 5.92 Å². The molecule has 6 rings (SSSR count). The highest BCUT2D eigenvalue weighted by atomic mass is 28.3. The van der Waals surface area contributed by atoms with Gasteiger partial charge in [0.15, 0.2) is 0 Å². The van der Waals surface area contributed by atoms with Gasteiger partial charge in [-0.3, -0.25) is 14.7 Å². The zero-order chi connectivity index (χ0) is 34.7. The molecule has 2 N–H and O–H groups in total. The van der Waals surface area contributed by atoms with Gasteiger partial charge in [0.1, 0.15) is 17.6 Å². The molecule has 0 saturated heterocycles. The SMILES string of the molecule is COc1ccc([Si](C)(C)C(CC(=O)N(CCO)Cc2ccccc2)[C@H]2Oc3ccc(-n4[nH]c5ccccc5c4=O)cc3[C@@H](OC)[C@@H]2C)cc1. The van der Waals surface area contributed by atoms with E-state index in [9.17, 15) is 14.7 Å². The Hall–Kier alpha value is -4.64. The summed E-state index contributed by atoms with van der Waals surface area (Å²) in [4.78, 5) is 29.3. The molecular weight excluding hydrogens is 635 g/mol. The average molecular weight is 680 g/mol. The summed E-state index contributed by atoms with van der Waals surface area (Å²) in [6.07, 6.45) is -0.439. The second-order valence-electron chi connectivity index (χ2n) is 13.4. The monoisotopic (exact) mass is 679 g/mol. The Bertz CT molecular complexity index is 1960. The van der Waals surface area contributed by atoms with Crippen molar-refractivity contribution in [3.8, 4) is 17.2 Å². The number of aliphatic hydroxyl groups is 1. The number of aliphatic hydroxyl groups excluding tert-OH is 1. The van der Waals surface area contributed by atoms with Crippen LogP contribution in [0.15, 0.2) is 102 Å². The fourth-order valence-corrected chi connectivity index (χ4v) is 10.6. The number of hydrogen-bond acceptors (Lipinski definition) is 6. The van der Waals surface area contributed by atoms with E-state index in [0.717, 1.165) is 22.4 Å². The van der Waals surface area contributed by atoms with Gasteiger partial charge in [-0.1, -0.05) is 79.8 Å². The minimum absolute atomic E-state index is 0.0268. The Morgan fingerprint density at radius 3 is 2.39 bits per heavy atom. The van der Waals surface area contributed by atoms with Crippen LogP contribution in [-0.4, -0.2) is 67.2 Å². The number of benzene rings is 4. The van der Waals surface area contributed by atoms with Crippen molar-refractivity contribution in [3.05, 3.63) is 119 Å². The first-order valence-electron chi connectivity index (χ1n) is 16.8. The molecule has 256 valence electrons. The standard InChI is InChI=1S/C39H45N3O6Si/c1-26-37(47-3)32-23-28(42-39(45)31-13-9-10-14-33(31)40-42)15-20-34(32)48-38(26)35(49(4,5)30-18-16-29(46-2)17-19-30)24-36(44)41(21-22-43)25-27-11-7-6-8-12-27/h6-20,23,26,35,37-38,40,43H,21-22,24-25H2,1-5H3/t26-,35?,37-,38-/m0/s1. The molecule has 4 atom stereocenters. The molecule has 5 aromatic rings. The van der Waals surface area contributed by atoms with Crippen LogP contribution < -0.4 is 20.2 Å². The van der Waals surface area contributed by atoms with Gasteiger partial charge in [-0.15, -0.1) is 0 Å². The van der Waals surface area contributed by atoms with Crippen molar-refractivity contribution in [1.29, 1.82) is 0 Å². The molecule has 9 nitrogen and oxygen atoms in total. The van der Waals surface area contributed by atoms with Crippen molar-refractivity contribution in [1.82, 2.24) is 14.7 Å². The quantitative estimate of drug-likeness (QED) is 0.161. The summed E-state index contributed by atoms with van der Waals surface area (Å²) in [5.74, 6) is 1.30. The highest BCUT2D eigenvalue weighted by molar-refractivity contribution is 6.91. The van der Waals surface area contributed by atoms with E-state index in [-0.39, 0.29) is 54.7 Å². The van der Waals surface area contributed by atoms with Gasteiger partial charge in [0.2, 0.25) is 5.91 Å². The zero-order valence-electron chi connectivity index (χ0n) is 28.8. The molecule has 1 aliphatic heterocycles. The highest BCUT2D eigenvalue weighted by Gasteiger charge is 2.48. The molecule has 0 radical (unpaired) electrons. The Balaban J connectivity index is 1.38.